The number of amides is 1. The lowest BCUT2D eigenvalue weighted by Crippen LogP contribution is -2.33. The van der Waals surface area contributed by atoms with E-state index in [1.165, 1.54) is 6.42 Å². The number of carbonyl (C=O) groups is 1. The smallest absolute Gasteiger partial charge is 0.222 e. The highest BCUT2D eigenvalue weighted by Crippen LogP contribution is 2.17. The van der Waals surface area contributed by atoms with Gasteiger partial charge in [0.05, 0.1) is 11.7 Å². The van der Waals surface area contributed by atoms with Crippen molar-refractivity contribution < 1.29 is 4.79 Å². The summed E-state index contributed by atoms with van der Waals surface area (Å²) in [6, 6.07) is 10.3. The van der Waals surface area contributed by atoms with Gasteiger partial charge in [-0.2, -0.15) is 5.10 Å². The van der Waals surface area contributed by atoms with Gasteiger partial charge in [-0.3, -0.25) is 4.79 Å². The Hall–Kier alpha value is -1.85. The van der Waals surface area contributed by atoms with Crippen LogP contribution in [0.15, 0.2) is 42.7 Å². The summed E-state index contributed by atoms with van der Waals surface area (Å²) in [6.45, 7) is 3.04. The summed E-state index contributed by atoms with van der Waals surface area (Å²) >= 11 is 0. The summed E-state index contributed by atoms with van der Waals surface area (Å²) in [5, 5.41) is 10.7. The Balaban J connectivity index is 0.00000192. The van der Waals surface area contributed by atoms with Crippen molar-refractivity contribution in [1.29, 1.82) is 0 Å². The first kappa shape index (κ1) is 17.5. The van der Waals surface area contributed by atoms with Gasteiger partial charge in [0.15, 0.2) is 0 Å². The zero-order valence-electron chi connectivity index (χ0n) is 13.2. The minimum atomic E-state index is -0.00980. The van der Waals surface area contributed by atoms with E-state index in [1.54, 1.807) is 6.20 Å². The predicted octanol–water partition coefficient (Wildman–Crippen LogP) is 2.61. The number of nitrogens with one attached hydrogen (secondary N) is 2. The lowest BCUT2D eigenvalue weighted by atomic mass is 10.1. The molecule has 5 nitrogen and oxygen atoms in total. The van der Waals surface area contributed by atoms with Gasteiger partial charge >= 0.3 is 0 Å². The van der Waals surface area contributed by atoms with Crippen LogP contribution < -0.4 is 10.6 Å². The number of hydrogen-bond acceptors (Lipinski definition) is 3. The molecule has 0 aliphatic carbocycles. The molecule has 2 aromatic rings. The number of rotatable bonds is 5. The SMILES string of the molecule is CC(NC(=O)CC1CCCN1)c1cccc(-n2cccn2)c1.Cl. The molecule has 1 aliphatic heterocycles. The maximum Gasteiger partial charge on any atom is 0.222 e. The van der Waals surface area contributed by atoms with Crippen LogP contribution in [0.5, 0.6) is 0 Å². The second kappa shape index (κ2) is 8.13. The molecule has 2 heterocycles. The van der Waals surface area contributed by atoms with Gasteiger partial charge < -0.3 is 10.6 Å². The zero-order valence-corrected chi connectivity index (χ0v) is 14.1. The lowest BCUT2D eigenvalue weighted by molar-refractivity contribution is -0.122. The van der Waals surface area contributed by atoms with Crippen LogP contribution in [-0.4, -0.2) is 28.3 Å². The Morgan fingerprint density at radius 2 is 2.35 bits per heavy atom. The maximum atomic E-state index is 12.1. The molecule has 6 heteroatoms. The molecule has 1 aromatic heterocycles. The van der Waals surface area contributed by atoms with E-state index in [2.05, 4.69) is 21.8 Å². The van der Waals surface area contributed by atoms with Crippen molar-refractivity contribution in [3.63, 3.8) is 0 Å². The number of benzene rings is 1. The Kier molecular flexibility index (Phi) is 6.19. The molecule has 0 spiro atoms. The second-order valence-corrected chi connectivity index (χ2v) is 5.83. The first-order valence-corrected chi connectivity index (χ1v) is 7.85. The van der Waals surface area contributed by atoms with E-state index >= 15 is 0 Å². The molecule has 0 saturated carbocycles. The van der Waals surface area contributed by atoms with Crippen molar-refractivity contribution in [1.82, 2.24) is 20.4 Å². The lowest BCUT2D eigenvalue weighted by Gasteiger charge is -2.17. The second-order valence-electron chi connectivity index (χ2n) is 5.83. The van der Waals surface area contributed by atoms with E-state index < -0.39 is 0 Å². The van der Waals surface area contributed by atoms with Gasteiger partial charge in [-0.1, -0.05) is 12.1 Å². The van der Waals surface area contributed by atoms with Crippen LogP contribution in [0.3, 0.4) is 0 Å². The Bertz CT molecular complexity index is 623. The summed E-state index contributed by atoms with van der Waals surface area (Å²) in [7, 11) is 0. The Morgan fingerprint density at radius 1 is 1.48 bits per heavy atom. The van der Waals surface area contributed by atoms with Crippen LogP contribution in [0.4, 0.5) is 0 Å². The quantitative estimate of drug-likeness (QED) is 0.883. The highest BCUT2D eigenvalue weighted by molar-refractivity contribution is 5.85. The first-order chi connectivity index (χ1) is 10.7. The van der Waals surface area contributed by atoms with Crippen LogP contribution in [0, 0.1) is 0 Å². The minimum Gasteiger partial charge on any atom is -0.350 e. The maximum absolute atomic E-state index is 12.1. The minimum absolute atomic E-state index is 0. The summed E-state index contributed by atoms with van der Waals surface area (Å²) in [4.78, 5) is 12.1. The molecule has 1 aromatic carbocycles. The van der Waals surface area contributed by atoms with E-state index in [4.69, 9.17) is 0 Å². The van der Waals surface area contributed by atoms with Crippen LogP contribution in [0.1, 0.15) is 37.8 Å². The van der Waals surface area contributed by atoms with Crippen LogP contribution in [-0.2, 0) is 4.79 Å². The molecule has 3 rings (SSSR count). The Morgan fingerprint density at radius 3 is 3.04 bits per heavy atom. The summed E-state index contributed by atoms with van der Waals surface area (Å²) in [5.41, 5.74) is 2.08. The molecular weight excluding hydrogens is 312 g/mol. The van der Waals surface area contributed by atoms with Gasteiger partial charge in [0.2, 0.25) is 5.91 Å². The van der Waals surface area contributed by atoms with E-state index in [1.807, 2.05) is 42.1 Å². The van der Waals surface area contributed by atoms with E-state index in [9.17, 15) is 4.79 Å². The van der Waals surface area contributed by atoms with Crippen molar-refractivity contribution in [2.75, 3.05) is 6.54 Å². The normalized spacial score (nSPS) is 18.2. The molecular formula is C17H23ClN4O. The summed E-state index contributed by atoms with van der Waals surface area (Å²) < 4.78 is 1.82. The third-order valence-electron chi connectivity index (χ3n) is 4.11. The van der Waals surface area contributed by atoms with Crippen LogP contribution in [0.2, 0.25) is 0 Å². The largest absolute Gasteiger partial charge is 0.350 e. The molecule has 1 fully saturated rings. The van der Waals surface area contributed by atoms with E-state index in [-0.39, 0.29) is 24.4 Å². The van der Waals surface area contributed by atoms with Crippen LogP contribution >= 0.6 is 12.4 Å². The standard InChI is InChI=1S/C17H22N4O.ClH/c1-13(20-17(22)12-15-6-3-8-18-15)14-5-2-7-16(11-14)21-10-4-9-19-21;/h2,4-5,7,9-11,13,15,18H,3,6,8,12H2,1H3,(H,20,22);1H. The molecule has 1 aliphatic rings. The molecule has 0 radical (unpaired) electrons. The van der Waals surface area contributed by atoms with E-state index in [0.717, 1.165) is 24.2 Å². The third-order valence-corrected chi connectivity index (χ3v) is 4.11. The average molecular weight is 335 g/mol. The van der Waals surface area contributed by atoms with Crippen molar-refractivity contribution >= 4 is 18.3 Å². The highest BCUT2D eigenvalue weighted by atomic mass is 35.5. The number of nitrogens with zero attached hydrogens (tertiary/aromatic N) is 2. The fourth-order valence-corrected chi connectivity index (χ4v) is 2.90. The fourth-order valence-electron chi connectivity index (χ4n) is 2.90. The van der Waals surface area contributed by atoms with Gasteiger partial charge in [-0.25, -0.2) is 4.68 Å². The van der Waals surface area contributed by atoms with Gasteiger partial charge in [0, 0.05) is 24.9 Å². The number of carbonyl (C=O) groups excluding carboxylic acids is 1. The molecule has 2 unspecified atom stereocenters. The number of halogens is 1. The molecule has 2 atom stereocenters. The number of aromatic nitrogens is 2. The van der Waals surface area contributed by atoms with Gasteiger partial charge in [-0.05, 0) is 50.1 Å². The van der Waals surface area contributed by atoms with Crippen molar-refractivity contribution in [2.45, 2.75) is 38.3 Å². The monoisotopic (exact) mass is 334 g/mol. The molecule has 23 heavy (non-hydrogen) atoms. The molecule has 0 bridgehead atoms. The average Bonchev–Trinajstić information content (AvgIpc) is 3.20. The van der Waals surface area contributed by atoms with Crippen molar-refractivity contribution in [3.8, 4) is 5.69 Å². The molecule has 2 N–H and O–H groups in total. The topological polar surface area (TPSA) is 59.0 Å². The van der Waals surface area contributed by atoms with Gasteiger partial charge in [-0.15, -0.1) is 12.4 Å². The van der Waals surface area contributed by atoms with Crippen molar-refractivity contribution in [2.24, 2.45) is 0 Å². The summed E-state index contributed by atoms with van der Waals surface area (Å²) in [6.07, 6.45) is 6.49. The molecule has 124 valence electrons. The van der Waals surface area contributed by atoms with Gasteiger partial charge in [0.1, 0.15) is 0 Å². The molecule has 1 saturated heterocycles. The Labute approximate surface area is 142 Å². The van der Waals surface area contributed by atoms with Gasteiger partial charge in [0.25, 0.3) is 0 Å². The van der Waals surface area contributed by atoms with E-state index in [0.29, 0.717) is 12.5 Å². The summed E-state index contributed by atoms with van der Waals surface area (Å²) in [5.74, 6) is 0.108. The third kappa shape index (κ3) is 4.56. The van der Waals surface area contributed by atoms with Crippen molar-refractivity contribution in [3.05, 3.63) is 48.3 Å². The fraction of sp³-hybridized carbons (Fsp3) is 0.412. The highest BCUT2D eigenvalue weighted by Gasteiger charge is 2.19. The van der Waals surface area contributed by atoms with Crippen LogP contribution in [0.25, 0.3) is 5.69 Å². The predicted molar refractivity (Wildman–Crippen MR) is 93.0 cm³/mol. The first-order valence-electron chi connectivity index (χ1n) is 7.85. The molecule has 1 amide bonds. The zero-order chi connectivity index (χ0) is 15.4. The number of hydrogen-bond donors (Lipinski definition) is 2.